The van der Waals surface area contributed by atoms with E-state index in [-0.39, 0.29) is 0 Å². The molecule has 1 aromatic carbocycles. The van der Waals surface area contributed by atoms with E-state index < -0.39 is 0 Å². The van der Waals surface area contributed by atoms with Crippen LogP contribution in [0, 0.1) is 0 Å². The molecule has 0 spiro atoms. The number of carbonyl (C=O) groups is 1. The first-order chi connectivity index (χ1) is 11.6. The molecule has 1 aliphatic heterocycles. The van der Waals surface area contributed by atoms with Crippen LogP contribution in [0.3, 0.4) is 0 Å². The van der Waals surface area contributed by atoms with Crippen LogP contribution in [0.15, 0.2) is 18.2 Å². The monoisotopic (exact) mass is 330 g/mol. The highest BCUT2D eigenvalue weighted by atomic mass is 16.5. The molecule has 1 atom stereocenters. The van der Waals surface area contributed by atoms with Crippen molar-refractivity contribution in [3.05, 3.63) is 29.3 Å². The molecule has 4 heteroatoms. The largest absolute Gasteiger partial charge is 0.497 e. The van der Waals surface area contributed by atoms with E-state index in [1.807, 2.05) is 6.07 Å². The number of hydrogen-bond acceptors (Lipinski definition) is 3. The molecule has 1 heterocycles. The van der Waals surface area contributed by atoms with Gasteiger partial charge in [-0.15, -0.1) is 0 Å². The number of benzene rings is 1. The maximum absolute atomic E-state index is 12.8. The van der Waals surface area contributed by atoms with Crippen molar-refractivity contribution in [1.29, 1.82) is 0 Å². The summed E-state index contributed by atoms with van der Waals surface area (Å²) >= 11 is 0. The molecular formula is C20H30N2O2. The van der Waals surface area contributed by atoms with Crippen molar-refractivity contribution < 1.29 is 9.53 Å². The van der Waals surface area contributed by atoms with Crippen LogP contribution in [0.25, 0.3) is 0 Å². The molecule has 2 aliphatic rings. The quantitative estimate of drug-likeness (QED) is 0.850. The average Bonchev–Trinajstić information content (AvgIpc) is 2.61. The van der Waals surface area contributed by atoms with Gasteiger partial charge in [0.15, 0.2) is 0 Å². The summed E-state index contributed by atoms with van der Waals surface area (Å²) in [5.41, 5.74) is 2.73. The number of rotatable bonds is 4. The summed E-state index contributed by atoms with van der Waals surface area (Å²) in [5, 5.41) is 0. The lowest BCUT2D eigenvalue weighted by atomic mass is 9.80. The van der Waals surface area contributed by atoms with Crippen molar-refractivity contribution in [1.82, 2.24) is 9.80 Å². The Kier molecular flexibility index (Phi) is 5.44. The number of ether oxygens (including phenoxy) is 1. The van der Waals surface area contributed by atoms with Gasteiger partial charge >= 0.3 is 0 Å². The van der Waals surface area contributed by atoms with Crippen molar-refractivity contribution >= 4 is 5.91 Å². The Morgan fingerprint density at radius 1 is 1.25 bits per heavy atom. The molecule has 0 N–H and O–H groups in total. The molecule has 0 aromatic heterocycles. The molecule has 0 unspecified atom stereocenters. The van der Waals surface area contributed by atoms with Crippen LogP contribution >= 0.6 is 0 Å². The fraction of sp³-hybridized carbons (Fsp3) is 0.650. The third-order valence-electron chi connectivity index (χ3n) is 5.76. The molecule has 4 nitrogen and oxygen atoms in total. The second kappa shape index (κ2) is 7.56. The first kappa shape index (κ1) is 17.3. The molecule has 3 rings (SSSR count). The van der Waals surface area contributed by atoms with Gasteiger partial charge in [-0.3, -0.25) is 4.79 Å². The van der Waals surface area contributed by atoms with E-state index in [4.69, 9.17) is 4.74 Å². The van der Waals surface area contributed by atoms with Gasteiger partial charge in [-0.1, -0.05) is 6.07 Å². The Morgan fingerprint density at radius 2 is 2.00 bits per heavy atom. The molecule has 0 bridgehead atoms. The summed E-state index contributed by atoms with van der Waals surface area (Å²) < 4.78 is 5.34. The molecule has 1 amide bonds. The lowest BCUT2D eigenvalue weighted by Crippen LogP contribution is -2.44. The zero-order valence-electron chi connectivity index (χ0n) is 15.3. The summed E-state index contributed by atoms with van der Waals surface area (Å²) in [7, 11) is 5.98. The lowest BCUT2D eigenvalue weighted by Gasteiger charge is -2.36. The predicted molar refractivity (Wildman–Crippen MR) is 96.6 cm³/mol. The SMILES string of the molecule is COc1ccc2c(c1)CCC[C@H]2CC(=O)N1CCC(N(C)C)CC1. The van der Waals surface area contributed by atoms with Gasteiger partial charge in [-0.25, -0.2) is 0 Å². The zero-order chi connectivity index (χ0) is 17.1. The number of hydrogen-bond donors (Lipinski definition) is 0. The highest BCUT2D eigenvalue weighted by Crippen LogP contribution is 2.36. The highest BCUT2D eigenvalue weighted by Gasteiger charge is 2.28. The van der Waals surface area contributed by atoms with Gasteiger partial charge in [0, 0.05) is 25.6 Å². The van der Waals surface area contributed by atoms with Crippen LogP contribution in [-0.4, -0.2) is 56.0 Å². The van der Waals surface area contributed by atoms with Gasteiger partial charge in [0.2, 0.25) is 5.91 Å². The third kappa shape index (κ3) is 3.75. The fourth-order valence-electron chi connectivity index (χ4n) is 4.20. The van der Waals surface area contributed by atoms with Crippen molar-refractivity contribution in [2.75, 3.05) is 34.3 Å². The standard InChI is InChI=1S/C20H30N2O2/c1-21(2)17-9-11-22(12-10-17)20(23)14-16-6-4-5-15-13-18(24-3)7-8-19(15)16/h7-8,13,16-17H,4-6,9-12,14H2,1-3H3/t16-/m0/s1. The number of carbonyl (C=O) groups excluding carboxylic acids is 1. The Morgan fingerprint density at radius 3 is 2.67 bits per heavy atom. The second-order valence-corrected chi connectivity index (χ2v) is 7.43. The first-order valence-electron chi connectivity index (χ1n) is 9.19. The number of aryl methyl sites for hydroxylation is 1. The minimum atomic E-state index is 0.334. The van der Waals surface area contributed by atoms with Gasteiger partial charge in [0.05, 0.1) is 7.11 Å². The summed E-state index contributed by atoms with van der Waals surface area (Å²) in [6, 6.07) is 6.97. The number of piperidine rings is 1. The van der Waals surface area contributed by atoms with E-state index in [1.54, 1.807) is 7.11 Å². The third-order valence-corrected chi connectivity index (χ3v) is 5.76. The minimum absolute atomic E-state index is 0.334. The Hall–Kier alpha value is -1.55. The van der Waals surface area contributed by atoms with E-state index in [1.165, 1.54) is 17.5 Å². The average molecular weight is 330 g/mol. The van der Waals surface area contributed by atoms with E-state index in [2.05, 4.69) is 36.0 Å². The second-order valence-electron chi connectivity index (χ2n) is 7.43. The molecule has 1 aromatic rings. The molecule has 0 saturated carbocycles. The predicted octanol–water partition coefficient (Wildman–Crippen LogP) is 3.06. The molecular weight excluding hydrogens is 300 g/mol. The van der Waals surface area contributed by atoms with E-state index >= 15 is 0 Å². The van der Waals surface area contributed by atoms with Crippen LogP contribution in [-0.2, 0) is 11.2 Å². The van der Waals surface area contributed by atoms with Crippen molar-refractivity contribution in [2.24, 2.45) is 0 Å². The Labute approximate surface area is 145 Å². The summed E-state index contributed by atoms with van der Waals surface area (Å²) in [6.45, 7) is 1.81. The molecule has 132 valence electrons. The topological polar surface area (TPSA) is 32.8 Å². The Balaban J connectivity index is 1.62. The molecule has 1 saturated heterocycles. The molecule has 1 aliphatic carbocycles. The van der Waals surface area contributed by atoms with Crippen LogP contribution in [0.2, 0.25) is 0 Å². The number of nitrogens with zero attached hydrogens (tertiary/aromatic N) is 2. The Bertz CT molecular complexity index is 577. The van der Waals surface area contributed by atoms with Gasteiger partial charge in [-0.05, 0) is 75.4 Å². The molecule has 1 fully saturated rings. The maximum atomic E-state index is 12.8. The number of methoxy groups -OCH3 is 1. The van der Waals surface area contributed by atoms with Gasteiger partial charge < -0.3 is 14.5 Å². The fourth-order valence-corrected chi connectivity index (χ4v) is 4.20. The van der Waals surface area contributed by atoms with E-state index in [9.17, 15) is 4.79 Å². The normalized spacial score (nSPS) is 21.7. The molecule has 0 radical (unpaired) electrons. The summed E-state index contributed by atoms with van der Waals surface area (Å²) in [4.78, 5) is 17.1. The number of amides is 1. The first-order valence-corrected chi connectivity index (χ1v) is 9.19. The van der Waals surface area contributed by atoms with Crippen LogP contribution in [0.1, 0.15) is 49.1 Å². The summed E-state index contributed by atoms with van der Waals surface area (Å²) in [5.74, 6) is 1.63. The highest BCUT2D eigenvalue weighted by molar-refractivity contribution is 5.77. The minimum Gasteiger partial charge on any atom is -0.497 e. The number of fused-ring (bicyclic) bond motifs is 1. The van der Waals surface area contributed by atoms with Crippen LogP contribution in [0.5, 0.6) is 5.75 Å². The number of likely N-dealkylation sites (tertiary alicyclic amines) is 1. The van der Waals surface area contributed by atoms with E-state index in [0.29, 0.717) is 24.3 Å². The molecule has 24 heavy (non-hydrogen) atoms. The van der Waals surface area contributed by atoms with Crippen molar-refractivity contribution in [2.45, 2.75) is 50.5 Å². The summed E-state index contributed by atoms with van der Waals surface area (Å²) in [6.07, 6.45) is 6.24. The van der Waals surface area contributed by atoms with Crippen molar-refractivity contribution in [3.63, 3.8) is 0 Å². The smallest absolute Gasteiger partial charge is 0.223 e. The lowest BCUT2D eigenvalue weighted by molar-refractivity contribution is -0.133. The van der Waals surface area contributed by atoms with E-state index in [0.717, 1.165) is 44.5 Å². The van der Waals surface area contributed by atoms with Crippen LogP contribution in [0.4, 0.5) is 0 Å². The van der Waals surface area contributed by atoms with Gasteiger partial charge in [-0.2, -0.15) is 0 Å². The zero-order valence-corrected chi connectivity index (χ0v) is 15.3. The maximum Gasteiger partial charge on any atom is 0.223 e. The van der Waals surface area contributed by atoms with Gasteiger partial charge in [0.1, 0.15) is 5.75 Å². The van der Waals surface area contributed by atoms with Crippen LogP contribution < -0.4 is 4.74 Å². The van der Waals surface area contributed by atoms with Gasteiger partial charge in [0.25, 0.3) is 0 Å². The van der Waals surface area contributed by atoms with Crippen molar-refractivity contribution in [3.8, 4) is 5.75 Å².